The van der Waals surface area contributed by atoms with Crippen LogP contribution < -0.4 is 5.69 Å². The van der Waals surface area contributed by atoms with Crippen LogP contribution in [0.2, 0.25) is 0 Å². The van der Waals surface area contributed by atoms with Gasteiger partial charge in [0.2, 0.25) is 11.7 Å². The van der Waals surface area contributed by atoms with E-state index in [9.17, 15) is 4.79 Å². The molecule has 10 heteroatoms. The Morgan fingerprint density at radius 1 is 1.31 bits per heavy atom. The Morgan fingerprint density at radius 2 is 2.15 bits per heavy atom. The molecule has 0 atom stereocenters. The van der Waals surface area contributed by atoms with E-state index in [2.05, 4.69) is 25.3 Å². The Balaban J connectivity index is 1.48. The highest BCUT2D eigenvalue weighted by atomic mass is 32.2. The maximum absolute atomic E-state index is 11.8. The van der Waals surface area contributed by atoms with Gasteiger partial charge < -0.3 is 9.26 Å². The molecule has 3 aromatic heterocycles. The summed E-state index contributed by atoms with van der Waals surface area (Å²) in [6.45, 7) is 1.20. The van der Waals surface area contributed by atoms with E-state index in [0.29, 0.717) is 36.4 Å². The van der Waals surface area contributed by atoms with Gasteiger partial charge in [0, 0.05) is 50.4 Å². The van der Waals surface area contributed by atoms with Crippen molar-refractivity contribution in [3.8, 4) is 11.4 Å². The number of nitrogens with one attached hydrogen (secondary N) is 1. The molecule has 0 amide bonds. The molecule has 0 fully saturated rings. The molecule has 0 aromatic carbocycles. The van der Waals surface area contributed by atoms with Crippen molar-refractivity contribution in [3.05, 3.63) is 40.9 Å². The summed E-state index contributed by atoms with van der Waals surface area (Å²) < 4.78 is 11.9. The molecular weight excluding hydrogens is 356 g/mol. The molecule has 0 saturated carbocycles. The van der Waals surface area contributed by atoms with Gasteiger partial charge in [0.1, 0.15) is 0 Å². The van der Waals surface area contributed by atoms with Gasteiger partial charge in [-0.1, -0.05) is 16.9 Å². The number of aromatic nitrogens is 6. The maximum atomic E-state index is 11.8. The van der Waals surface area contributed by atoms with E-state index in [4.69, 9.17) is 9.26 Å². The summed E-state index contributed by atoms with van der Waals surface area (Å²) in [5.41, 5.74) is 0.684. The Kier molecular flexibility index (Phi) is 6.56. The molecular formula is C16H20N6O3S. The van der Waals surface area contributed by atoms with Gasteiger partial charge in [-0.25, -0.2) is 9.89 Å². The van der Waals surface area contributed by atoms with Crippen molar-refractivity contribution < 1.29 is 9.26 Å². The van der Waals surface area contributed by atoms with Gasteiger partial charge in [0.25, 0.3) is 0 Å². The summed E-state index contributed by atoms with van der Waals surface area (Å²) in [5.74, 6) is 1.95. The zero-order valence-electron chi connectivity index (χ0n) is 14.4. The standard InChI is InChI=1S/C16H20N6O3S/c1-24-10-3-9-22-15(23)19-20-16(22)26-11-2-4-13-18-14(21-25-13)12-5-7-17-8-6-12/h5-8H,2-4,9-11H2,1H3,(H,19,23). The van der Waals surface area contributed by atoms with Crippen molar-refractivity contribution in [3.63, 3.8) is 0 Å². The first-order chi connectivity index (χ1) is 12.8. The third-order valence-corrected chi connectivity index (χ3v) is 4.69. The summed E-state index contributed by atoms with van der Waals surface area (Å²) >= 11 is 1.53. The molecule has 0 bridgehead atoms. The average Bonchev–Trinajstić information content (AvgIpc) is 3.28. The third-order valence-electron chi connectivity index (χ3n) is 3.63. The van der Waals surface area contributed by atoms with Gasteiger partial charge >= 0.3 is 5.69 Å². The van der Waals surface area contributed by atoms with Gasteiger partial charge in [0.05, 0.1) is 0 Å². The van der Waals surface area contributed by atoms with Crippen molar-refractivity contribution >= 4 is 11.8 Å². The van der Waals surface area contributed by atoms with Crippen molar-refractivity contribution in [2.75, 3.05) is 19.5 Å². The van der Waals surface area contributed by atoms with E-state index in [1.165, 1.54) is 11.8 Å². The second-order valence-electron chi connectivity index (χ2n) is 5.51. The van der Waals surface area contributed by atoms with Gasteiger partial charge in [-0.05, 0) is 25.0 Å². The molecule has 1 N–H and O–H groups in total. The van der Waals surface area contributed by atoms with Gasteiger partial charge in [-0.2, -0.15) is 4.98 Å². The Labute approximate surface area is 154 Å². The summed E-state index contributed by atoms with van der Waals surface area (Å²) in [7, 11) is 1.64. The van der Waals surface area contributed by atoms with Crippen molar-refractivity contribution in [2.24, 2.45) is 0 Å². The lowest BCUT2D eigenvalue weighted by molar-refractivity contribution is 0.189. The van der Waals surface area contributed by atoms with Crippen LogP contribution in [-0.4, -0.2) is 49.4 Å². The van der Waals surface area contributed by atoms with Crippen molar-refractivity contribution in [1.29, 1.82) is 0 Å². The molecule has 3 rings (SSSR count). The summed E-state index contributed by atoms with van der Waals surface area (Å²) in [6.07, 6.45) is 5.66. The van der Waals surface area contributed by atoms with Crippen molar-refractivity contribution in [2.45, 2.75) is 31.0 Å². The van der Waals surface area contributed by atoms with Gasteiger partial charge in [-0.3, -0.25) is 9.55 Å². The number of methoxy groups -OCH3 is 1. The number of nitrogens with zero attached hydrogens (tertiary/aromatic N) is 5. The lowest BCUT2D eigenvalue weighted by atomic mass is 10.2. The molecule has 0 radical (unpaired) electrons. The molecule has 9 nitrogen and oxygen atoms in total. The lowest BCUT2D eigenvalue weighted by Crippen LogP contribution is -2.18. The molecule has 26 heavy (non-hydrogen) atoms. The fraction of sp³-hybridized carbons (Fsp3) is 0.438. The van der Waals surface area contributed by atoms with Crippen LogP contribution in [0.3, 0.4) is 0 Å². The van der Waals surface area contributed by atoms with Crippen LogP contribution in [-0.2, 0) is 17.7 Å². The summed E-state index contributed by atoms with van der Waals surface area (Å²) in [4.78, 5) is 20.1. The minimum Gasteiger partial charge on any atom is -0.385 e. The lowest BCUT2D eigenvalue weighted by Gasteiger charge is -2.04. The molecule has 0 aliphatic heterocycles. The Hall–Kier alpha value is -2.46. The number of hydrogen-bond acceptors (Lipinski definition) is 8. The minimum absolute atomic E-state index is 0.192. The highest BCUT2D eigenvalue weighted by Crippen LogP contribution is 2.18. The normalized spacial score (nSPS) is 11.1. The zero-order valence-corrected chi connectivity index (χ0v) is 15.2. The SMILES string of the molecule is COCCCn1c(SCCCc2nc(-c3ccncc3)no2)n[nH]c1=O. The molecule has 138 valence electrons. The van der Waals surface area contributed by atoms with Crippen LogP contribution in [0.4, 0.5) is 0 Å². The molecule has 3 aromatic rings. The summed E-state index contributed by atoms with van der Waals surface area (Å²) in [6, 6.07) is 3.68. The number of H-pyrrole nitrogens is 1. The largest absolute Gasteiger partial charge is 0.385 e. The van der Waals surface area contributed by atoms with Crippen LogP contribution in [0.1, 0.15) is 18.7 Å². The van der Waals surface area contributed by atoms with E-state index in [0.717, 1.165) is 24.2 Å². The fourth-order valence-electron chi connectivity index (χ4n) is 2.34. The first-order valence-corrected chi connectivity index (χ1v) is 9.26. The molecule has 0 saturated heterocycles. The highest BCUT2D eigenvalue weighted by Gasteiger charge is 2.10. The van der Waals surface area contributed by atoms with Crippen LogP contribution in [0.15, 0.2) is 39.0 Å². The number of hydrogen-bond donors (Lipinski definition) is 1. The first kappa shape index (κ1) is 18.3. The van der Waals surface area contributed by atoms with E-state index in [1.807, 2.05) is 12.1 Å². The van der Waals surface area contributed by atoms with Crippen LogP contribution in [0.5, 0.6) is 0 Å². The first-order valence-electron chi connectivity index (χ1n) is 8.28. The molecule has 0 spiro atoms. The van der Waals surface area contributed by atoms with E-state index < -0.39 is 0 Å². The number of aryl methyl sites for hydroxylation is 1. The number of ether oxygens (including phenoxy) is 1. The van der Waals surface area contributed by atoms with Crippen LogP contribution in [0.25, 0.3) is 11.4 Å². The van der Waals surface area contributed by atoms with Gasteiger partial charge in [-0.15, -0.1) is 5.10 Å². The zero-order chi connectivity index (χ0) is 18.2. The number of pyridine rings is 1. The fourth-order valence-corrected chi connectivity index (χ4v) is 3.25. The van der Waals surface area contributed by atoms with Crippen molar-refractivity contribution in [1.82, 2.24) is 29.9 Å². The maximum Gasteiger partial charge on any atom is 0.343 e. The van der Waals surface area contributed by atoms with E-state index >= 15 is 0 Å². The van der Waals surface area contributed by atoms with Gasteiger partial charge in [0.15, 0.2) is 5.16 Å². The highest BCUT2D eigenvalue weighted by molar-refractivity contribution is 7.99. The molecule has 0 unspecified atom stereocenters. The Morgan fingerprint density at radius 3 is 2.96 bits per heavy atom. The second kappa shape index (κ2) is 9.30. The second-order valence-corrected chi connectivity index (χ2v) is 6.57. The number of rotatable bonds is 10. The smallest absolute Gasteiger partial charge is 0.343 e. The van der Waals surface area contributed by atoms with Crippen LogP contribution >= 0.6 is 11.8 Å². The number of thioether (sulfide) groups is 1. The van der Waals surface area contributed by atoms with E-state index in [1.54, 1.807) is 24.1 Å². The monoisotopic (exact) mass is 376 g/mol. The predicted octanol–water partition coefficient (Wildman–Crippen LogP) is 1.78. The molecule has 0 aliphatic rings. The molecule has 0 aliphatic carbocycles. The average molecular weight is 376 g/mol. The quantitative estimate of drug-likeness (QED) is 0.421. The Bertz CT molecular complexity index is 860. The third kappa shape index (κ3) is 4.79. The summed E-state index contributed by atoms with van der Waals surface area (Å²) in [5, 5.41) is 11.2. The minimum atomic E-state index is -0.192. The van der Waals surface area contributed by atoms with Crippen LogP contribution in [0, 0.1) is 0 Å². The number of aromatic amines is 1. The molecule has 3 heterocycles. The predicted molar refractivity (Wildman–Crippen MR) is 95.9 cm³/mol. The van der Waals surface area contributed by atoms with E-state index in [-0.39, 0.29) is 5.69 Å². The topological polar surface area (TPSA) is 112 Å².